The van der Waals surface area contributed by atoms with Gasteiger partial charge in [-0.3, -0.25) is 19.2 Å². The van der Waals surface area contributed by atoms with Crippen LogP contribution in [0.2, 0.25) is 0 Å². The number of hydrogen-bond donors (Lipinski definition) is 4. The number of nitrogens with zero attached hydrogens (tertiary/aromatic N) is 2. The molecule has 14 heteroatoms. The van der Waals surface area contributed by atoms with E-state index in [-0.39, 0.29) is 29.7 Å². The van der Waals surface area contributed by atoms with Gasteiger partial charge in [0.2, 0.25) is 27.6 Å². The molecular weight excluding hydrogens is 612 g/mol. The molecule has 1 aliphatic heterocycles. The highest BCUT2D eigenvalue weighted by Crippen LogP contribution is 2.53. The average Bonchev–Trinajstić information content (AvgIpc) is 3.54. The predicted molar refractivity (Wildman–Crippen MR) is 175 cm³/mol. The maximum Gasteiger partial charge on any atom is 0.315 e. The Hall–Kier alpha value is -2.74. The average molecular weight is 669 g/mol. The van der Waals surface area contributed by atoms with Crippen molar-refractivity contribution >= 4 is 39.6 Å². The van der Waals surface area contributed by atoms with E-state index in [9.17, 15) is 32.4 Å². The second kappa shape index (κ2) is 13.4. The summed E-state index contributed by atoms with van der Waals surface area (Å²) in [5.41, 5.74) is 3.90. The lowest BCUT2D eigenvalue weighted by Crippen LogP contribution is -2.62. The molecule has 5 amide bonds. The van der Waals surface area contributed by atoms with Gasteiger partial charge in [0.15, 0.2) is 0 Å². The zero-order chi connectivity index (χ0) is 35.2. The van der Waals surface area contributed by atoms with Crippen LogP contribution in [-0.2, 0) is 29.2 Å². The van der Waals surface area contributed by atoms with Crippen molar-refractivity contribution in [3.05, 3.63) is 0 Å². The van der Waals surface area contributed by atoms with Gasteiger partial charge in [-0.25, -0.2) is 17.5 Å². The number of carbonyl (C=O) groups excluding carboxylic acids is 5. The second-order valence-electron chi connectivity index (χ2n) is 16.6. The molecule has 1 saturated heterocycles. The van der Waals surface area contributed by atoms with Gasteiger partial charge in [-0.2, -0.15) is 0 Å². The molecule has 0 radical (unpaired) electrons. The Morgan fingerprint density at radius 3 is 2.02 bits per heavy atom. The first kappa shape index (κ1) is 37.7. The molecule has 46 heavy (non-hydrogen) atoms. The quantitative estimate of drug-likeness (QED) is 0.227. The third-order valence-electron chi connectivity index (χ3n) is 10.2. The fraction of sp³-hybridized carbons (Fsp3) is 0.844. The van der Waals surface area contributed by atoms with Gasteiger partial charge in [-0.1, -0.05) is 68.2 Å². The Labute approximate surface area is 274 Å². The van der Waals surface area contributed by atoms with Crippen molar-refractivity contribution in [2.24, 2.45) is 39.7 Å². The van der Waals surface area contributed by atoms with E-state index in [1.165, 1.54) is 11.4 Å². The van der Waals surface area contributed by atoms with Gasteiger partial charge in [-0.15, -0.1) is 0 Å². The Bertz CT molecular complexity index is 1310. The number of fused-ring (bicyclic) bond motifs is 1. The minimum absolute atomic E-state index is 0.0205. The van der Waals surface area contributed by atoms with Crippen LogP contribution in [0.1, 0.15) is 87.5 Å². The number of nitrogens with two attached hydrogens (primary N) is 1. The van der Waals surface area contributed by atoms with Gasteiger partial charge in [-0.05, 0) is 53.3 Å². The normalized spacial score (nSPS) is 24.9. The van der Waals surface area contributed by atoms with Crippen LogP contribution in [0.3, 0.4) is 0 Å². The third-order valence-corrected chi connectivity index (χ3v) is 11.5. The van der Waals surface area contributed by atoms with Crippen LogP contribution in [-0.4, -0.2) is 97.7 Å². The van der Waals surface area contributed by atoms with Gasteiger partial charge in [0, 0.05) is 26.2 Å². The highest BCUT2D eigenvalue weighted by molar-refractivity contribution is 7.88. The molecule has 0 spiro atoms. The number of amides is 5. The first-order valence-corrected chi connectivity index (χ1v) is 18.1. The smallest absolute Gasteiger partial charge is 0.315 e. The first-order chi connectivity index (χ1) is 20.8. The number of urea groups is 1. The molecule has 0 bridgehead atoms. The molecule has 0 aromatic carbocycles. The molecule has 13 nitrogen and oxygen atoms in total. The monoisotopic (exact) mass is 668 g/mol. The molecule has 2 saturated carbocycles. The highest BCUT2D eigenvalue weighted by atomic mass is 32.2. The van der Waals surface area contributed by atoms with E-state index in [2.05, 4.69) is 29.8 Å². The van der Waals surface area contributed by atoms with Crippen LogP contribution >= 0.6 is 0 Å². The molecule has 3 rings (SSSR count). The van der Waals surface area contributed by atoms with E-state index in [1.54, 1.807) is 4.90 Å². The van der Waals surface area contributed by atoms with E-state index >= 15 is 0 Å². The Morgan fingerprint density at radius 2 is 1.54 bits per heavy atom. The number of primary amides is 1. The molecular formula is C32H56N6O7S. The third kappa shape index (κ3) is 8.99. The number of nitrogens with one attached hydrogen (secondary N) is 3. The highest BCUT2D eigenvalue weighted by Gasteiger charge is 2.57. The fourth-order valence-electron chi connectivity index (χ4n) is 6.81. The summed E-state index contributed by atoms with van der Waals surface area (Å²) in [6.45, 7) is 15.7. The van der Waals surface area contributed by atoms with Crippen molar-refractivity contribution in [3.63, 3.8) is 0 Å². The van der Waals surface area contributed by atoms with Crippen molar-refractivity contribution in [2.75, 3.05) is 26.4 Å². The summed E-state index contributed by atoms with van der Waals surface area (Å²) in [6.07, 6.45) is 4.83. The van der Waals surface area contributed by atoms with Gasteiger partial charge in [0.05, 0.1) is 12.3 Å². The van der Waals surface area contributed by atoms with Crippen LogP contribution in [0.4, 0.5) is 4.79 Å². The van der Waals surface area contributed by atoms with Gasteiger partial charge >= 0.3 is 6.03 Å². The lowest BCUT2D eigenvalue weighted by molar-refractivity contribution is -0.144. The number of likely N-dealkylation sites (N-methyl/N-ethyl adjacent to an activating group) is 1. The summed E-state index contributed by atoms with van der Waals surface area (Å²) in [6, 6.07) is -4.19. The van der Waals surface area contributed by atoms with Crippen molar-refractivity contribution < 1.29 is 32.4 Å². The fourth-order valence-corrected chi connectivity index (χ4v) is 7.23. The molecule has 2 aliphatic carbocycles. The van der Waals surface area contributed by atoms with E-state index in [1.807, 2.05) is 41.5 Å². The molecule has 0 aromatic rings. The second-order valence-corrected chi connectivity index (χ2v) is 18.7. The van der Waals surface area contributed by atoms with E-state index < -0.39 is 74.6 Å². The van der Waals surface area contributed by atoms with E-state index in [4.69, 9.17) is 5.73 Å². The van der Waals surface area contributed by atoms with Gasteiger partial charge < -0.3 is 26.6 Å². The van der Waals surface area contributed by atoms with Gasteiger partial charge in [0.1, 0.15) is 12.1 Å². The number of carbonyl (C=O) groups is 5. The Balaban J connectivity index is 1.89. The molecule has 1 unspecified atom stereocenters. The molecule has 5 N–H and O–H groups in total. The van der Waals surface area contributed by atoms with Crippen LogP contribution in [0.15, 0.2) is 0 Å². The van der Waals surface area contributed by atoms with Crippen LogP contribution in [0, 0.1) is 34.0 Å². The predicted octanol–water partition coefficient (Wildman–Crippen LogP) is 1.61. The minimum atomic E-state index is -3.50. The number of ketones is 1. The van der Waals surface area contributed by atoms with E-state index in [0.29, 0.717) is 19.4 Å². The summed E-state index contributed by atoms with van der Waals surface area (Å²) in [4.78, 5) is 68.0. The number of sulfonamides is 1. The summed E-state index contributed by atoms with van der Waals surface area (Å²) < 4.78 is 25.4. The maximum atomic E-state index is 14.5. The summed E-state index contributed by atoms with van der Waals surface area (Å²) >= 11 is 0. The number of hydrogen-bond acceptors (Lipinski definition) is 7. The topological polar surface area (TPSA) is 188 Å². The van der Waals surface area contributed by atoms with E-state index in [0.717, 1.165) is 25.5 Å². The molecule has 6 atom stereocenters. The Kier molecular flexibility index (Phi) is 11.0. The minimum Gasteiger partial charge on any atom is -0.363 e. The number of likely N-dealkylation sites (tertiary alicyclic amines) is 1. The van der Waals surface area contributed by atoms with Gasteiger partial charge in [0.25, 0.3) is 5.91 Å². The SMILES string of the molecule is CN(C[C@@H](NC(=O)N[C@H](C(=O)N1C[C@H]2[C@H](CCC2(C)C)[C@H]1C(=O)NC(CC1CC1)C(=O)C(N)=O)C(C)(C)C)C(C)(C)C)S(C)(=O)=O. The van der Waals surface area contributed by atoms with Crippen molar-refractivity contribution in [2.45, 2.75) is 112 Å². The van der Waals surface area contributed by atoms with Crippen molar-refractivity contribution in [3.8, 4) is 0 Å². The standard InChI is InChI=1S/C32H56N6O7S/c1-30(2,3)22(17-37(9)46(10,44)45)35-29(43)36-25(31(4,5)6)28(42)38-16-20-19(13-14-32(20,7)8)23(38)27(41)34-21(15-18-11-12-18)24(39)26(33)40/h18-23,25H,11-17H2,1-10H3,(H2,33,40)(H,34,41)(H2,35,36,43)/t19-,20-,21?,22+,23-,25+/m0/s1. The zero-order valence-corrected chi connectivity index (χ0v) is 30.0. The molecule has 262 valence electrons. The zero-order valence-electron chi connectivity index (χ0n) is 29.2. The summed E-state index contributed by atoms with van der Waals surface area (Å²) in [7, 11) is -2.06. The molecule has 3 fully saturated rings. The van der Waals surface area contributed by atoms with Crippen LogP contribution < -0.4 is 21.7 Å². The molecule has 0 aromatic heterocycles. The maximum absolute atomic E-state index is 14.5. The molecule has 3 aliphatic rings. The lowest BCUT2D eigenvalue weighted by atomic mass is 9.79. The summed E-state index contributed by atoms with van der Waals surface area (Å²) in [5.74, 6) is -2.77. The first-order valence-electron chi connectivity index (χ1n) is 16.3. The number of Topliss-reactive ketones (excluding diaryl/α,β-unsaturated/α-hetero) is 1. The summed E-state index contributed by atoms with van der Waals surface area (Å²) in [5, 5.41) is 8.52. The number of rotatable bonds is 12. The Morgan fingerprint density at radius 1 is 0.957 bits per heavy atom. The van der Waals surface area contributed by atoms with Crippen LogP contribution in [0.25, 0.3) is 0 Å². The largest absolute Gasteiger partial charge is 0.363 e. The lowest BCUT2D eigenvalue weighted by Gasteiger charge is -2.38. The van der Waals surface area contributed by atoms with Crippen molar-refractivity contribution in [1.29, 1.82) is 0 Å². The van der Waals surface area contributed by atoms with Crippen LogP contribution in [0.5, 0.6) is 0 Å². The molecule has 1 heterocycles. The van der Waals surface area contributed by atoms with Crippen molar-refractivity contribution in [1.82, 2.24) is 25.2 Å².